The van der Waals surface area contributed by atoms with Gasteiger partial charge in [-0.1, -0.05) is 42.8 Å². The van der Waals surface area contributed by atoms with Crippen LogP contribution in [0.25, 0.3) is 0 Å². The molecule has 5 nitrogen and oxygen atoms in total. The average molecular weight is 426 g/mol. The van der Waals surface area contributed by atoms with E-state index in [2.05, 4.69) is 37.8 Å². The average Bonchev–Trinajstić information content (AvgIpc) is 3.24. The first-order chi connectivity index (χ1) is 14.5. The topological polar surface area (TPSA) is 55.8 Å². The Labute approximate surface area is 186 Å². The molecule has 0 N–H and O–H groups in total. The number of carbonyl (C=O) groups is 2. The molecule has 0 radical (unpaired) electrons. The number of hydrogen-bond donors (Lipinski definition) is 0. The Morgan fingerprint density at radius 1 is 1.29 bits per heavy atom. The monoisotopic (exact) mass is 425 g/mol. The van der Waals surface area contributed by atoms with Crippen molar-refractivity contribution in [1.29, 1.82) is 0 Å². The quantitative estimate of drug-likeness (QED) is 0.438. The third-order valence-corrected chi connectivity index (χ3v) is 6.04. The highest BCUT2D eigenvalue weighted by atomic mass is 16.6. The summed E-state index contributed by atoms with van der Waals surface area (Å²) in [6, 6.07) is 10.2. The summed E-state index contributed by atoms with van der Waals surface area (Å²) < 4.78 is 11.3. The van der Waals surface area contributed by atoms with Crippen molar-refractivity contribution in [2.45, 2.75) is 83.6 Å². The molecule has 0 aromatic heterocycles. The number of ether oxygens (including phenoxy) is 2. The molecule has 3 rings (SSSR count). The molecule has 0 saturated carbocycles. The lowest BCUT2D eigenvalue weighted by Gasteiger charge is -2.35. The van der Waals surface area contributed by atoms with Gasteiger partial charge in [0, 0.05) is 12.1 Å². The highest BCUT2D eigenvalue weighted by Gasteiger charge is 2.49. The lowest BCUT2D eigenvalue weighted by atomic mass is 9.83. The fourth-order valence-corrected chi connectivity index (χ4v) is 4.77. The van der Waals surface area contributed by atoms with Crippen LogP contribution in [0.15, 0.2) is 54.6 Å². The van der Waals surface area contributed by atoms with Crippen LogP contribution in [-0.2, 0) is 14.3 Å². The largest absolute Gasteiger partial charge is 0.453 e. The lowest BCUT2D eigenvalue weighted by Crippen LogP contribution is -2.49. The van der Waals surface area contributed by atoms with Gasteiger partial charge in [0.25, 0.3) is 0 Å². The summed E-state index contributed by atoms with van der Waals surface area (Å²) in [5, 5.41) is 0. The number of carbonyl (C=O) groups excluding carboxylic acids is 2. The van der Waals surface area contributed by atoms with E-state index in [0.29, 0.717) is 12.3 Å². The van der Waals surface area contributed by atoms with E-state index in [1.807, 2.05) is 38.7 Å². The molecule has 5 atom stereocenters. The van der Waals surface area contributed by atoms with Gasteiger partial charge < -0.3 is 9.47 Å². The summed E-state index contributed by atoms with van der Waals surface area (Å²) in [6.45, 7) is 13.9. The van der Waals surface area contributed by atoms with Gasteiger partial charge in [0.15, 0.2) is 0 Å². The van der Waals surface area contributed by atoms with E-state index in [0.717, 1.165) is 18.4 Å². The van der Waals surface area contributed by atoms with Gasteiger partial charge in [-0.15, -0.1) is 6.58 Å². The van der Waals surface area contributed by atoms with Crippen molar-refractivity contribution in [3.05, 3.63) is 60.2 Å². The van der Waals surface area contributed by atoms with Crippen LogP contribution in [0.2, 0.25) is 0 Å². The summed E-state index contributed by atoms with van der Waals surface area (Å²) in [6.07, 6.45) is 4.82. The third-order valence-electron chi connectivity index (χ3n) is 6.04. The van der Waals surface area contributed by atoms with E-state index in [1.165, 1.54) is 11.6 Å². The second kappa shape index (κ2) is 9.29. The minimum atomic E-state index is -0.604. The first kappa shape index (κ1) is 23.1. The maximum Gasteiger partial charge on any atom is 0.410 e. The molecule has 0 unspecified atom stereocenters. The maximum absolute atomic E-state index is 13.3. The van der Waals surface area contributed by atoms with E-state index in [4.69, 9.17) is 9.47 Å². The number of benzene rings is 1. The maximum atomic E-state index is 13.3. The highest BCUT2D eigenvalue weighted by Crippen LogP contribution is 2.42. The lowest BCUT2D eigenvalue weighted by molar-refractivity contribution is -0.140. The Morgan fingerprint density at radius 3 is 2.52 bits per heavy atom. The van der Waals surface area contributed by atoms with Crippen molar-refractivity contribution in [1.82, 2.24) is 4.90 Å². The van der Waals surface area contributed by atoms with Gasteiger partial charge in [-0.25, -0.2) is 9.59 Å². The summed E-state index contributed by atoms with van der Waals surface area (Å²) >= 11 is 0. The molecule has 168 valence electrons. The van der Waals surface area contributed by atoms with Crippen LogP contribution < -0.4 is 0 Å². The van der Waals surface area contributed by atoms with Gasteiger partial charge in [0.2, 0.25) is 0 Å². The van der Waals surface area contributed by atoms with E-state index < -0.39 is 11.7 Å². The SMILES string of the molecule is C=C(C)C[C@H]1[C@@H](C[C@H](C)c2ccccc2)C[C@H]([C@H]2C=CC(=O)O2)N1C(=O)OC(C)(C)C. The van der Waals surface area contributed by atoms with Crippen LogP contribution in [0, 0.1) is 5.92 Å². The van der Waals surface area contributed by atoms with Crippen molar-refractivity contribution < 1.29 is 19.1 Å². The predicted octanol–water partition coefficient (Wildman–Crippen LogP) is 5.62. The van der Waals surface area contributed by atoms with Crippen LogP contribution in [-0.4, -0.2) is 40.8 Å². The number of likely N-dealkylation sites (tertiary alicyclic amines) is 1. The summed E-state index contributed by atoms with van der Waals surface area (Å²) in [7, 11) is 0. The summed E-state index contributed by atoms with van der Waals surface area (Å²) in [5.74, 6) is 0.239. The molecule has 1 aromatic carbocycles. The number of hydrogen-bond acceptors (Lipinski definition) is 4. The number of cyclic esters (lactones) is 1. The van der Waals surface area contributed by atoms with Crippen molar-refractivity contribution in [2.75, 3.05) is 0 Å². The minimum Gasteiger partial charge on any atom is -0.453 e. The molecule has 5 heteroatoms. The number of amides is 1. The van der Waals surface area contributed by atoms with Crippen LogP contribution >= 0.6 is 0 Å². The molecule has 2 aliphatic heterocycles. The Morgan fingerprint density at radius 2 is 1.97 bits per heavy atom. The second-order valence-corrected chi connectivity index (χ2v) is 9.99. The van der Waals surface area contributed by atoms with E-state index in [9.17, 15) is 9.59 Å². The first-order valence-electron chi connectivity index (χ1n) is 11.1. The molecule has 0 aliphatic carbocycles. The van der Waals surface area contributed by atoms with E-state index in [1.54, 1.807) is 6.08 Å². The van der Waals surface area contributed by atoms with Gasteiger partial charge in [0.05, 0.1) is 6.04 Å². The molecular formula is C26H35NO4. The smallest absolute Gasteiger partial charge is 0.410 e. The molecule has 31 heavy (non-hydrogen) atoms. The second-order valence-electron chi connectivity index (χ2n) is 9.99. The van der Waals surface area contributed by atoms with Gasteiger partial charge in [-0.3, -0.25) is 4.90 Å². The molecule has 1 saturated heterocycles. The van der Waals surface area contributed by atoms with Crippen molar-refractivity contribution in [3.8, 4) is 0 Å². The van der Waals surface area contributed by atoms with Crippen molar-refractivity contribution >= 4 is 12.1 Å². The van der Waals surface area contributed by atoms with Crippen LogP contribution in [0.3, 0.4) is 0 Å². The Bertz CT molecular complexity index is 839. The third kappa shape index (κ3) is 5.78. The fraction of sp³-hybridized carbons (Fsp3) is 0.538. The van der Waals surface area contributed by atoms with Gasteiger partial charge in [-0.2, -0.15) is 0 Å². The number of esters is 1. The van der Waals surface area contributed by atoms with Gasteiger partial charge >= 0.3 is 12.1 Å². The predicted molar refractivity (Wildman–Crippen MR) is 122 cm³/mol. The van der Waals surface area contributed by atoms with Crippen molar-refractivity contribution in [3.63, 3.8) is 0 Å². The van der Waals surface area contributed by atoms with E-state index in [-0.39, 0.29) is 30.1 Å². The Kier molecular flexibility index (Phi) is 6.93. The molecule has 0 bridgehead atoms. The fourth-order valence-electron chi connectivity index (χ4n) is 4.77. The Balaban J connectivity index is 1.90. The van der Waals surface area contributed by atoms with E-state index >= 15 is 0 Å². The van der Waals surface area contributed by atoms with Gasteiger partial charge in [-0.05, 0) is 70.4 Å². The molecule has 1 aromatic rings. The number of rotatable bonds is 6. The Hall–Kier alpha value is -2.56. The van der Waals surface area contributed by atoms with Crippen molar-refractivity contribution in [2.24, 2.45) is 5.92 Å². The van der Waals surface area contributed by atoms with Gasteiger partial charge in [0.1, 0.15) is 11.7 Å². The zero-order valence-corrected chi connectivity index (χ0v) is 19.3. The highest BCUT2D eigenvalue weighted by molar-refractivity contribution is 5.84. The minimum absolute atomic E-state index is 0.0452. The molecule has 2 heterocycles. The summed E-state index contributed by atoms with van der Waals surface area (Å²) in [4.78, 5) is 26.9. The zero-order valence-electron chi connectivity index (χ0n) is 19.3. The molecule has 1 fully saturated rings. The molecule has 1 amide bonds. The molecular weight excluding hydrogens is 390 g/mol. The summed E-state index contributed by atoms with van der Waals surface area (Å²) in [5.41, 5.74) is 1.71. The van der Waals surface area contributed by atoms with Crippen LogP contribution in [0.5, 0.6) is 0 Å². The molecule has 0 spiro atoms. The normalized spacial score (nSPS) is 26.6. The zero-order chi connectivity index (χ0) is 22.8. The standard InChI is InChI=1S/C26H35NO4/c1-17(2)14-21-20(15-18(3)19-10-8-7-9-11-19)16-22(23-12-13-24(28)30-23)27(21)25(29)31-26(4,5)6/h7-13,18,20-23H,1,14-16H2,2-6H3/t18-,20-,21-,22+,23+/m0/s1. The van der Waals surface area contributed by atoms with Crippen LogP contribution in [0.4, 0.5) is 4.79 Å². The molecule has 2 aliphatic rings. The van der Waals surface area contributed by atoms with Crippen LogP contribution in [0.1, 0.15) is 65.4 Å². The number of nitrogens with zero attached hydrogens (tertiary/aromatic N) is 1. The first-order valence-corrected chi connectivity index (χ1v) is 11.1.